The van der Waals surface area contributed by atoms with Gasteiger partial charge in [-0.2, -0.15) is 0 Å². The monoisotopic (exact) mass is 375 g/mol. The van der Waals surface area contributed by atoms with Crippen molar-refractivity contribution < 1.29 is 13.6 Å². The number of aromatic nitrogens is 4. The van der Waals surface area contributed by atoms with Crippen LogP contribution in [0.15, 0.2) is 47.9 Å². The summed E-state index contributed by atoms with van der Waals surface area (Å²) in [6.07, 6.45) is 3.34. The van der Waals surface area contributed by atoms with Crippen molar-refractivity contribution in [2.75, 3.05) is 5.32 Å². The fourth-order valence-corrected chi connectivity index (χ4v) is 3.02. The molecule has 1 aromatic carbocycles. The number of carbonyl (C=O) groups excluding carboxylic acids is 1. The molecule has 0 radical (unpaired) electrons. The van der Waals surface area contributed by atoms with E-state index in [2.05, 4.69) is 20.5 Å². The highest BCUT2D eigenvalue weighted by Gasteiger charge is 2.20. The van der Waals surface area contributed by atoms with Gasteiger partial charge in [0.25, 0.3) is 0 Å². The van der Waals surface area contributed by atoms with Crippen LogP contribution in [0.3, 0.4) is 0 Å². The Hall–Kier alpha value is -2.81. The molecule has 1 atom stereocenters. The van der Waals surface area contributed by atoms with E-state index in [9.17, 15) is 13.6 Å². The van der Waals surface area contributed by atoms with Crippen molar-refractivity contribution in [1.82, 2.24) is 19.7 Å². The van der Waals surface area contributed by atoms with E-state index in [1.165, 1.54) is 17.8 Å². The molecule has 2 aromatic heterocycles. The van der Waals surface area contributed by atoms with E-state index in [-0.39, 0.29) is 5.69 Å². The summed E-state index contributed by atoms with van der Waals surface area (Å²) in [6, 6.07) is 6.64. The van der Waals surface area contributed by atoms with Gasteiger partial charge in [0, 0.05) is 31.1 Å². The molecule has 0 saturated heterocycles. The number of amides is 1. The molecule has 1 N–H and O–H groups in total. The van der Waals surface area contributed by atoms with Crippen LogP contribution in [0.2, 0.25) is 0 Å². The highest BCUT2D eigenvalue weighted by molar-refractivity contribution is 8.00. The number of carbonyl (C=O) groups is 1. The number of anilines is 1. The van der Waals surface area contributed by atoms with E-state index in [1.54, 1.807) is 37.0 Å². The Morgan fingerprint density at radius 1 is 1.27 bits per heavy atom. The average molecular weight is 375 g/mol. The Kier molecular flexibility index (Phi) is 5.27. The quantitative estimate of drug-likeness (QED) is 0.693. The van der Waals surface area contributed by atoms with E-state index in [4.69, 9.17) is 0 Å². The van der Waals surface area contributed by atoms with E-state index >= 15 is 0 Å². The zero-order valence-electron chi connectivity index (χ0n) is 14.0. The second-order valence-electron chi connectivity index (χ2n) is 5.48. The van der Waals surface area contributed by atoms with Crippen molar-refractivity contribution in [2.45, 2.75) is 17.3 Å². The van der Waals surface area contributed by atoms with Gasteiger partial charge in [-0.1, -0.05) is 11.8 Å². The molecular formula is C17H15F2N5OS. The standard InChI is InChI=1S/C17H15F2N5OS/c1-10(16(25)21-14-6-5-12(18)8-13(14)19)26-17-23-22-15(24(17)2)11-4-3-7-20-9-11/h3-10H,1-2H3,(H,21,25). The van der Waals surface area contributed by atoms with Gasteiger partial charge in [-0.05, 0) is 31.2 Å². The minimum atomic E-state index is -0.826. The molecule has 0 aliphatic carbocycles. The van der Waals surface area contributed by atoms with Crippen LogP contribution in [0.4, 0.5) is 14.5 Å². The number of benzene rings is 1. The first kappa shape index (κ1) is 18.0. The van der Waals surface area contributed by atoms with Crippen molar-refractivity contribution in [3.05, 3.63) is 54.4 Å². The van der Waals surface area contributed by atoms with Crippen LogP contribution in [0, 0.1) is 11.6 Å². The minimum Gasteiger partial charge on any atom is -0.323 e. The van der Waals surface area contributed by atoms with Crippen LogP contribution >= 0.6 is 11.8 Å². The third kappa shape index (κ3) is 3.88. The first-order valence-electron chi connectivity index (χ1n) is 7.68. The molecule has 0 saturated carbocycles. The summed E-state index contributed by atoms with van der Waals surface area (Å²) in [7, 11) is 1.79. The molecular weight excluding hydrogens is 360 g/mol. The van der Waals surface area contributed by atoms with Crippen LogP contribution < -0.4 is 5.32 Å². The average Bonchev–Trinajstić information content (AvgIpc) is 2.98. The summed E-state index contributed by atoms with van der Waals surface area (Å²) in [5, 5.41) is 10.6. The lowest BCUT2D eigenvalue weighted by molar-refractivity contribution is -0.115. The number of nitrogens with one attached hydrogen (secondary N) is 1. The third-order valence-corrected chi connectivity index (χ3v) is 4.73. The first-order valence-corrected chi connectivity index (χ1v) is 8.56. The van der Waals surface area contributed by atoms with Gasteiger partial charge >= 0.3 is 0 Å². The smallest absolute Gasteiger partial charge is 0.237 e. The maximum atomic E-state index is 13.7. The third-order valence-electron chi connectivity index (χ3n) is 3.60. The molecule has 1 amide bonds. The summed E-state index contributed by atoms with van der Waals surface area (Å²) < 4.78 is 28.4. The number of hydrogen-bond donors (Lipinski definition) is 1. The zero-order valence-corrected chi connectivity index (χ0v) is 14.8. The minimum absolute atomic E-state index is 0.0714. The molecule has 3 rings (SSSR count). The van der Waals surface area contributed by atoms with Crippen molar-refractivity contribution in [3.63, 3.8) is 0 Å². The van der Waals surface area contributed by atoms with E-state index in [1.807, 2.05) is 6.07 Å². The lowest BCUT2D eigenvalue weighted by Crippen LogP contribution is -2.23. The van der Waals surface area contributed by atoms with Crippen molar-refractivity contribution >= 4 is 23.4 Å². The number of pyridine rings is 1. The summed E-state index contributed by atoms with van der Waals surface area (Å²) in [4.78, 5) is 16.3. The predicted molar refractivity (Wildman–Crippen MR) is 94.5 cm³/mol. The Morgan fingerprint density at radius 2 is 2.08 bits per heavy atom. The summed E-state index contributed by atoms with van der Waals surface area (Å²) >= 11 is 1.18. The Bertz CT molecular complexity index is 932. The van der Waals surface area contributed by atoms with E-state index < -0.39 is 22.8 Å². The van der Waals surface area contributed by atoms with Crippen LogP contribution in [0.5, 0.6) is 0 Å². The maximum Gasteiger partial charge on any atom is 0.237 e. The lowest BCUT2D eigenvalue weighted by Gasteiger charge is -2.12. The summed E-state index contributed by atoms with van der Waals surface area (Å²) in [5.74, 6) is -1.33. The van der Waals surface area contributed by atoms with Crippen LogP contribution in [-0.4, -0.2) is 30.9 Å². The van der Waals surface area contributed by atoms with Crippen LogP contribution in [-0.2, 0) is 11.8 Å². The molecule has 3 aromatic rings. The molecule has 2 heterocycles. The normalized spacial score (nSPS) is 12.0. The van der Waals surface area contributed by atoms with E-state index in [0.717, 1.165) is 17.7 Å². The van der Waals surface area contributed by atoms with Crippen LogP contribution in [0.25, 0.3) is 11.4 Å². The van der Waals surface area contributed by atoms with Crippen LogP contribution in [0.1, 0.15) is 6.92 Å². The molecule has 26 heavy (non-hydrogen) atoms. The van der Waals surface area contributed by atoms with Gasteiger partial charge in [-0.15, -0.1) is 10.2 Å². The topological polar surface area (TPSA) is 72.7 Å². The summed E-state index contributed by atoms with van der Waals surface area (Å²) in [5.41, 5.74) is 0.734. The highest BCUT2D eigenvalue weighted by atomic mass is 32.2. The number of halogens is 2. The van der Waals surface area contributed by atoms with Crippen molar-refractivity contribution in [2.24, 2.45) is 7.05 Å². The highest BCUT2D eigenvalue weighted by Crippen LogP contribution is 2.26. The maximum absolute atomic E-state index is 13.7. The van der Waals surface area contributed by atoms with Gasteiger partial charge in [0.2, 0.25) is 5.91 Å². The van der Waals surface area contributed by atoms with Gasteiger partial charge < -0.3 is 9.88 Å². The van der Waals surface area contributed by atoms with Gasteiger partial charge in [0.05, 0.1) is 10.9 Å². The Balaban J connectivity index is 1.71. The number of thioether (sulfide) groups is 1. The van der Waals surface area contributed by atoms with Gasteiger partial charge in [0.1, 0.15) is 11.6 Å². The zero-order chi connectivity index (χ0) is 18.7. The molecule has 1 unspecified atom stereocenters. The Morgan fingerprint density at radius 3 is 2.77 bits per heavy atom. The lowest BCUT2D eigenvalue weighted by atomic mass is 10.3. The second kappa shape index (κ2) is 7.61. The SMILES string of the molecule is CC(Sc1nnc(-c2cccnc2)n1C)C(=O)Nc1ccc(F)cc1F. The van der Waals surface area contributed by atoms with Gasteiger partial charge in [-0.3, -0.25) is 9.78 Å². The fraction of sp³-hybridized carbons (Fsp3) is 0.176. The molecule has 0 aliphatic heterocycles. The molecule has 6 nitrogen and oxygen atoms in total. The molecule has 0 fully saturated rings. The van der Waals surface area contributed by atoms with Crippen molar-refractivity contribution in [1.29, 1.82) is 0 Å². The Labute approximate surface area is 152 Å². The molecule has 134 valence electrons. The second-order valence-corrected chi connectivity index (χ2v) is 6.79. The number of hydrogen-bond acceptors (Lipinski definition) is 5. The van der Waals surface area contributed by atoms with Crippen molar-refractivity contribution in [3.8, 4) is 11.4 Å². The summed E-state index contributed by atoms with van der Waals surface area (Å²) in [6.45, 7) is 1.67. The van der Waals surface area contributed by atoms with Gasteiger partial charge in [0.15, 0.2) is 11.0 Å². The molecule has 9 heteroatoms. The first-order chi connectivity index (χ1) is 12.5. The largest absolute Gasteiger partial charge is 0.323 e. The molecule has 0 bridgehead atoms. The number of rotatable bonds is 5. The molecule has 0 aliphatic rings. The predicted octanol–water partition coefficient (Wildman–Crippen LogP) is 3.27. The van der Waals surface area contributed by atoms with Gasteiger partial charge in [-0.25, -0.2) is 8.78 Å². The molecule has 0 spiro atoms. The fourth-order valence-electron chi connectivity index (χ4n) is 2.20. The van der Waals surface area contributed by atoms with E-state index in [0.29, 0.717) is 11.0 Å². The number of nitrogens with zero attached hydrogens (tertiary/aromatic N) is 4.